The highest BCUT2D eigenvalue weighted by Crippen LogP contribution is 2.21. The molecule has 0 fully saturated rings. The fourth-order valence-electron chi connectivity index (χ4n) is 1.54. The Labute approximate surface area is 128 Å². The van der Waals surface area contributed by atoms with Gasteiger partial charge in [-0.1, -0.05) is 11.6 Å². The van der Waals surface area contributed by atoms with Crippen LogP contribution in [0, 0.1) is 0 Å². The van der Waals surface area contributed by atoms with Crippen molar-refractivity contribution < 1.29 is 19.4 Å². The summed E-state index contributed by atoms with van der Waals surface area (Å²) in [6.45, 7) is 4.63. The maximum atomic E-state index is 12.0. The van der Waals surface area contributed by atoms with Gasteiger partial charge in [-0.15, -0.1) is 0 Å². The van der Waals surface area contributed by atoms with Gasteiger partial charge < -0.3 is 20.1 Å². The lowest BCUT2D eigenvalue weighted by Gasteiger charge is -2.19. The molecule has 21 heavy (non-hydrogen) atoms. The smallest absolute Gasteiger partial charge is 0.337 e. The third-order valence-electron chi connectivity index (χ3n) is 2.68. The Hall–Kier alpha value is -1.79. The molecule has 0 radical (unpaired) electrons. The summed E-state index contributed by atoms with van der Waals surface area (Å²) in [5.41, 5.74) is 0.149. The first kappa shape index (κ1) is 17.3. The minimum Gasteiger partial charge on any atom is -0.478 e. The molecule has 0 heterocycles. The highest BCUT2D eigenvalue weighted by atomic mass is 35.5. The minimum atomic E-state index is -1.15. The second-order valence-corrected chi connectivity index (χ2v) is 5.20. The number of carbonyl (C=O) groups is 2. The molecule has 1 rings (SSSR count). The van der Waals surface area contributed by atoms with E-state index in [1.807, 2.05) is 13.8 Å². The molecule has 0 aliphatic carbocycles. The van der Waals surface area contributed by atoms with Crippen LogP contribution in [0.2, 0.25) is 5.02 Å². The van der Waals surface area contributed by atoms with Crippen molar-refractivity contribution in [2.24, 2.45) is 0 Å². The second-order valence-electron chi connectivity index (χ2n) is 4.77. The Bertz CT molecular complexity index is 520. The van der Waals surface area contributed by atoms with Crippen LogP contribution in [0.4, 0.5) is 10.5 Å². The molecular formula is C14H19ClN2O4. The summed E-state index contributed by atoms with van der Waals surface area (Å²) in [5.74, 6) is -1.15. The topological polar surface area (TPSA) is 78.9 Å². The van der Waals surface area contributed by atoms with Crippen LogP contribution >= 0.6 is 11.6 Å². The summed E-state index contributed by atoms with van der Waals surface area (Å²) < 4.78 is 5.36. The maximum absolute atomic E-state index is 12.0. The fraction of sp³-hybridized carbons (Fsp3) is 0.429. The van der Waals surface area contributed by atoms with Gasteiger partial charge in [-0.05, 0) is 32.0 Å². The molecule has 0 atom stereocenters. The Kier molecular flexibility index (Phi) is 6.45. The molecule has 0 aliphatic heterocycles. The fourth-order valence-corrected chi connectivity index (χ4v) is 1.71. The van der Waals surface area contributed by atoms with Gasteiger partial charge >= 0.3 is 12.0 Å². The molecule has 0 unspecified atom stereocenters. The van der Waals surface area contributed by atoms with E-state index in [0.717, 1.165) is 0 Å². The van der Waals surface area contributed by atoms with E-state index in [2.05, 4.69) is 5.32 Å². The van der Waals surface area contributed by atoms with Crippen LogP contribution in [-0.4, -0.2) is 48.3 Å². The number of nitrogens with one attached hydrogen (secondary N) is 1. The first-order chi connectivity index (χ1) is 9.81. The van der Waals surface area contributed by atoms with E-state index in [9.17, 15) is 9.59 Å². The Morgan fingerprint density at radius 3 is 2.67 bits per heavy atom. The number of amides is 2. The molecule has 1 aromatic rings. The molecule has 116 valence electrons. The van der Waals surface area contributed by atoms with Crippen molar-refractivity contribution in [3.8, 4) is 0 Å². The second kappa shape index (κ2) is 7.85. The Morgan fingerprint density at radius 2 is 2.10 bits per heavy atom. The minimum absolute atomic E-state index is 0.0531. The maximum Gasteiger partial charge on any atom is 0.337 e. The zero-order valence-electron chi connectivity index (χ0n) is 12.2. The van der Waals surface area contributed by atoms with Crippen molar-refractivity contribution in [2.75, 3.05) is 25.5 Å². The van der Waals surface area contributed by atoms with E-state index in [-0.39, 0.29) is 17.4 Å². The van der Waals surface area contributed by atoms with Crippen molar-refractivity contribution in [3.05, 3.63) is 28.8 Å². The summed E-state index contributed by atoms with van der Waals surface area (Å²) in [6.07, 6.45) is 0.0938. The molecular weight excluding hydrogens is 296 g/mol. The van der Waals surface area contributed by atoms with Crippen LogP contribution in [0.1, 0.15) is 24.2 Å². The quantitative estimate of drug-likeness (QED) is 0.846. The Morgan fingerprint density at radius 1 is 1.43 bits per heavy atom. The van der Waals surface area contributed by atoms with Gasteiger partial charge in [0.25, 0.3) is 0 Å². The number of anilines is 1. The standard InChI is InChI=1S/C14H19ClN2O4/c1-9(2)21-7-6-17(3)14(20)16-12-5-4-10(15)8-11(12)13(18)19/h4-5,8-9H,6-7H2,1-3H3,(H,16,20)(H,18,19). The molecule has 2 N–H and O–H groups in total. The molecule has 0 saturated heterocycles. The van der Waals surface area contributed by atoms with Gasteiger partial charge in [0, 0.05) is 18.6 Å². The van der Waals surface area contributed by atoms with Gasteiger partial charge in [0.05, 0.1) is 24.0 Å². The van der Waals surface area contributed by atoms with E-state index >= 15 is 0 Å². The number of benzene rings is 1. The van der Waals surface area contributed by atoms with Crippen molar-refractivity contribution in [1.29, 1.82) is 0 Å². The third kappa shape index (κ3) is 5.61. The van der Waals surface area contributed by atoms with E-state index in [1.165, 1.54) is 23.1 Å². The summed E-state index contributed by atoms with van der Waals surface area (Å²) in [7, 11) is 1.61. The third-order valence-corrected chi connectivity index (χ3v) is 2.91. The summed E-state index contributed by atoms with van der Waals surface area (Å²) in [5, 5.41) is 11.9. The number of carbonyl (C=O) groups excluding carboxylic acids is 1. The average molecular weight is 315 g/mol. The highest BCUT2D eigenvalue weighted by molar-refractivity contribution is 6.31. The first-order valence-corrected chi connectivity index (χ1v) is 6.85. The molecule has 0 spiro atoms. The largest absolute Gasteiger partial charge is 0.478 e. The SMILES string of the molecule is CC(C)OCCN(C)C(=O)Nc1ccc(Cl)cc1C(=O)O. The molecule has 7 heteroatoms. The molecule has 0 bridgehead atoms. The summed E-state index contributed by atoms with van der Waals surface area (Å²) in [6, 6.07) is 3.86. The number of urea groups is 1. The Balaban J connectivity index is 2.68. The number of ether oxygens (including phenoxy) is 1. The normalized spacial score (nSPS) is 10.5. The van der Waals surface area contributed by atoms with Gasteiger partial charge in [0.1, 0.15) is 0 Å². The number of likely N-dealkylation sites (N-methyl/N-ethyl adjacent to an activating group) is 1. The molecule has 0 aromatic heterocycles. The van der Waals surface area contributed by atoms with Gasteiger partial charge in [0.2, 0.25) is 0 Å². The molecule has 1 aromatic carbocycles. The van der Waals surface area contributed by atoms with Crippen LogP contribution in [0.5, 0.6) is 0 Å². The number of hydrogen-bond acceptors (Lipinski definition) is 3. The number of aromatic carboxylic acids is 1. The van der Waals surface area contributed by atoms with Crippen molar-refractivity contribution in [2.45, 2.75) is 20.0 Å². The zero-order chi connectivity index (χ0) is 16.0. The van der Waals surface area contributed by atoms with Crippen LogP contribution < -0.4 is 5.32 Å². The average Bonchev–Trinajstić information content (AvgIpc) is 2.39. The van der Waals surface area contributed by atoms with E-state index in [0.29, 0.717) is 18.2 Å². The lowest BCUT2D eigenvalue weighted by Crippen LogP contribution is -2.34. The lowest BCUT2D eigenvalue weighted by atomic mass is 10.2. The monoisotopic (exact) mass is 314 g/mol. The predicted molar refractivity (Wildman–Crippen MR) is 81.1 cm³/mol. The van der Waals surface area contributed by atoms with Crippen molar-refractivity contribution in [1.82, 2.24) is 4.90 Å². The molecule has 0 saturated carbocycles. The number of nitrogens with zero attached hydrogens (tertiary/aromatic N) is 1. The van der Waals surface area contributed by atoms with Crippen LogP contribution in [-0.2, 0) is 4.74 Å². The first-order valence-electron chi connectivity index (χ1n) is 6.47. The van der Waals surface area contributed by atoms with Crippen LogP contribution in [0.3, 0.4) is 0 Å². The molecule has 6 nitrogen and oxygen atoms in total. The number of halogens is 1. The summed E-state index contributed by atoms with van der Waals surface area (Å²) in [4.78, 5) is 24.5. The number of carboxylic acids is 1. The van der Waals surface area contributed by atoms with Gasteiger partial charge in [-0.25, -0.2) is 9.59 Å². The molecule has 0 aliphatic rings. The van der Waals surface area contributed by atoms with E-state index in [1.54, 1.807) is 7.05 Å². The van der Waals surface area contributed by atoms with Crippen molar-refractivity contribution >= 4 is 29.3 Å². The number of rotatable bonds is 6. The number of carboxylic acid groups (broad SMARTS) is 1. The lowest BCUT2D eigenvalue weighted by molar-refractivity contribution is 0.0687. The van der Waals surface area contributed by atoms with Crippen molar-refractivity contribution in [3.63, 3.8) is 0 Å². The summed E-state index contributed by atoms with van der Waals surface area (Å²) >= 11 is 5.76. The van der Waals surface area contributed by atoms with E-state index < -0.39 is 12.0 Å². The van der Waals surface area contributed by atoms with Crippen LogP contribution in [0.25, 0.3) is 0 Å². The van der Waals surface area contributed by atoms with Gasteiger partial charge in [-0.3, -0.25) is 0 Å². The predicted octanol–water partition coefficient (Wildman–Crippen LogP) is 2.93. The van der Waals surface area contributed by atoms with Gasteiger partial charge in [-0.2, -0.15) is 0 Å². The van der Waals surface area contributed by atoms with E-state index in [4.69, 9.17) is 21.4 Å². The van der Waals surface area contributed by atoms with Crippen LogP contribution in [0.15, 0.2) is 18.2 Å². The molecule has 2 amide bonds. The zero-order valence-corrected chi connectivity index (χ0v) is 13.0. The highest BCUT2D eigenvalue weighted by Gasteiger charge is 2.15. The van der Waals surface area contributed by atoms with Gasteiger partial charge in [0.15, 0.2) is 0 Å². The number of hydrogen-bond donors (Lipinski definition) is 2.